The minimum atomic E-state index is -0.390. The Balaban J connectivity index is 2.43. The third kappa shape index (κ3) is 3.05. The molecule has 3 nitrogen and oxygen atoms in total. The average molecular weight is 254 g/mol. The van der Waals surface area contributed by atoms with Crippen LogP contribution in [-0.4, -0.2) is 15.8 Å². The zero-order valence-electron chi connectivity index (χ0n) is 11.8. The fourth-order valence-electron chi connectivity index (χ4n) is 1.82. The number of hydrogen-bond donors (Lipinski definition) is 0. The van der Waals surface area contributed by atoms with E-state index in [9.17, 15) is 4.79 Å². The van der Waals surface area contributed by atoms with Crippen molar-refractivity contribution in [1.29, 1.82) is 0 Å². The van der Waals surface area contributed by atoms with Crippen molar-refractivity contribution in [1.82, 2.24) is 9.97 Å². The Labute approximate surface area is 113 Å². The van der Waals surface area contributed by atoms with Crippen LogP contribution < -0.4 is 0 Å². The van der Waals surface area contributed by atoms with Crippen LogP contribution in [0.5, 0.6) is 0 Å². The van der Waals surface area contributed by atoms with Gasteiger partial charge in [0.05, 0.1) is 11.4 Å². The highest BCUT2D eigenvalue weighted by Gasteiger charge is 2.23. The van der Waals surface area contributed by atoms with Gasteiger partial charge >= 0.3 is 0 Å². The first-order valence-corrected chi connectivity index (χ1v) is 6.32. The van der Waals surface area contributed by atoms with E-state index in [0.29, 0.717) is 5.56 Å². The fourth-order valence-corrected chi connectivity index (χ4v) is 1.82. The summed E-state index contributed by atoms with van der Waals surface area (Å²) in [5.41, 5.74) is 2.95. The number of rotatable bonds is 2. The lowest BCUT2D eigenvalue weighted by atomic mass is 9.86. The molecule has 0 saturated heterocycles. The van der Waals surface area contributed by atoms with Gasteiger partial charge in [0, 0.05) is 23.4 Å². The molecule has 3 heteroatoms. The first-order chi connectivity index (χ1) is 8.88. The largest absolute Gasteiger partial charge is 0.294 e. The second kappa shape index (κ2) is 4.92. The normalized spacial score (nSPS) is 11.4. The Kier molecular flexibility index (Phi) is 3.47. The standard InChI is InChI=1S/C16H18N2O/c1-11-5-7-17-13(9-11)14-10-12(6-8-18-14)15(19)16(2,3)4/h5-10H,1-4H3. The second-order valence-corrected chi connectivity index (χ2v) is 5.73. The monoisotopic (exact) mass is 254 g/mol. The number of Topliss-reactive ketones (excluding diaryl/α,β-unsaturated/α-hetero) is 1. The first kappa shape index (κ1) is 13.4. The average Bonchev–Trinajstić information content (AvgIpc) is 2.37. The minimum absolute atomic E-state index is 0.115. The second-order valence-electron chi connectivity index (χ2n) is 5.73. The van der Waals surface area contributed by atoms with Crippen LogP contribution in [-0.2, 0) is 0 Å². The van der Waals surface area contributed by atoms with Crippen LogP contribution in [0, 0.1) is 12.3 Å². The summed E-state index contributed by atoms with van der Waals surface area (Å²) in [5, 5.41) is 0. The molecule has 2 rings (SSSR count). The Morgan fingerprint density at radius 3 is 2.16 bits per heavy atom. The molecular formula is C16H18N2O. The molecular weight excluding hydrogens is 236 g/mol. The summed E-state index contributed by atoms with van der Waals surface area (Å²) in [6.45, 7) is 7.76. The summed E-state index contributed by atoms with van der Waals surface area (Å²) in [6.07, 6.45) is 3.42. The summed E-state index contributed by atoms with van der Waals surface area (Å²) in [6, 6.07) is 7.48. The first-order valence-electron chi connectivity index (χ1n) is 6.32. The summed E-state index contributed by atoms with van der Waals surface area (Å²) in [5.74, 6) is 0.115. The van der Waals surface area contributed by atoms with Crippen LogP contribution in [0.1, 0.15) is 36.7 Å². The number of pyridine rings is 2. The van der Waals surface area contributed by atoms with Crippen molar-refractivity contribution in [2.24, 2.45) is 5.41 Å². The van der Waals surface area contributed by atoms with Crippen molar-refractivity contribution in [3.8, 4) is 11.4 Å². The van der Waals surface area contributed by atoms with Crippen molar-refractivity contribution in [2.45, 2.75) is 27.7 Å². The lowest BCUT2D eigenvalue weighted by Gasteiger charge is -2.16. The maximum Gasteiger partial charge on any atom is 0.168 e. The third-order valence-corrected chi connectivity index (χ3v) is 2.88. The molecule has 0 aliphatic rings. The highest BCUT2D eigenvalue weighted by atomic mass is 16.1. The molecule has 2 aromatic heterocycles. The van der Waals surface area contributed by atoms with Crippen molar-refractivity contribution in [2.75, 3.05) is 0 Å². The van der Waals surface area contributed by atoms with Gasteiger partial charge in [-0.25, -0.2) is 0 Å². The van der Waals surface area contributed by atoms with Gasteiger partial charge in [0.25, 0.3) is 0 Å². The number of carbonyl (C=O) groups is 1. The predicted octanol–water partition coefficient (Wildman–Crippen LogP) is 3.68. The molecule has 0 N–H and O–H groups in total. The third-order valence-electron chi connectivity index (χ3n) is 2.88. The van der Waals surface area contributed by atoms with Gasteiger partial charge in [0.15, 0.2) is 5.78 Å². The van der Waals surface area contributed by atoms with Gasteiger partial charge < -0.3 is 0 Å². The number of carbonyl (C=O) groups excluding carboxylic acids is 1. The predicted molar refractivity (Wildman–Crippen MR) is 76.0 cm³/mol. The van der Waals surface area contributed by atoms with Crippen LogP contribution in [0.15, 0.2) is 36.7 Å². The van der Waals surface area contributed by atoms with E-state index in [1.54, 1.807) is 18.5 Å². The molecule has 0 radical (unpaired) electrons. The van der Waals surface area contributed by atoms with E-state index in [1.165, 1.54) is 0 Å². The van der Waals surface area contributed by atoms with E-state index < -0.39 is 5.41 Å². The lowest BCUT2D eigenvalue weighted by molar-refractivity contribution is 0.0858. The maximum atomic E-state index is 12.3. The van der Waals surface area contributed by atoms with Crippen molar-refractivity contribution >= 4 is 5.78 Å². The van der Waals surface area contributed by atoms with Crippen molar-refractivity contribution in [3.63, 3.8) is 0 Å². The molecule has 0 spiro atoms. The van der Waals surface area contributed by atoms with Gasteiger partial charge in [-0.3, -0.25) is 14.8 Å². The molecule has 0 unspecified atom stereocenters. The molecule has 2 aromatic rings. The molecule has 0 bridgehead atoms. The number of ketones is 1. The van der Waals surface area contributed by atoms with Gasteiger partial charge in [-0.1, -0.05) is 20.8 Å². The molecule has 0 fully saturated rings. The van der Waals surface area contributed by atoms with Crippen LogP contribution in [0.25, 0.3) is 11.4 Å². The quantitative estimate of drug-likeness (QED) is 0.768. The van der Waals surface area contributed by atoms with Crippen LogP contribution in [0.2, 0.25) is 0 Å². The van der Waals surface area contributed by atoms with Gasteiger partial charge in [-0.05, 0) is 36.8 Å². The molecule has 0 aromatic carbocycles. The number of hydrogen-bond acceptors (Lipinski definition) is 3. The molecule has 0 atom stereocenters. The van der Waals surface area contributed by atoms with E-state index in [4.69, 9.17) is 0 Å². The van der Waals surface area contributed by atoms with E-state index >= 15 is 0 Å². The molecule has 98 valence electrons. The van der Waals surface area contributed by atoms with E-state index in [-0.39, 0.29) is 5.78 Å². The van der Waals surface area contributed by atoms with Gasteiger partial charge in [-0.15, -0.1) is 0 Å². The summed E-state index contributed by atoms with van der Waals surface area (Å²) >= 11 is 0. The molecule has 19 heavy (non-hydrogen) atoms. The highest BCUT2D eigenvalue weighted by molar-refractivity contribution is 6.00. The minimum Gasteiger partial charge on any atom is -0.294 e. The Morgan fingerprint density at radius 1 is 1.00 bits per heavy atom. The summed E-state index contributed by atoms with van der Waals surface area (Å²) in [4.78, 5) is 20.9. The molecule has 2 heterocycles. The zero-order valence-corrected chi connectivity index (χ0v) is 11.8. The van der Waals surface area contributed by atoms with E-state index in [1.807, 2.05) is 45.9 Å². The van der Waals surface area contributed by atoms with Crippen LogP contribution in [0.4, 0.5) is 0 Å². The topological polar surface area (TPSA) is 42.9 Å². The maximum absolute atomic E-state index is 12.3. The SMILES string of the molecule is Cc1ccnc(-c2cc(C(=O)C(C)(C)C)ccn2)c1. The molecule has 0 aliphatic carbocycles. The van der Waals surface area contributed by atoms with Crippen molar-refractivity contribution < 1.29 is 4.79 Å². The van der Waals surface area contributed by atoms with Gasteiger partial charge in [-0.2, -0.15) is 0 Å². The molecule has 0 amide bonds. The van der Waals surface area contributed by atoms with E-state index in [0.717, 1.165) is 17.0 Å². The fraction of sp³-hybridized carbons (Fsp3) is 0.312. The lowest BCUT2D eigenvalue weighted by Crippen LogP contribution is -2.20. The number of nitrogens with zero attached hydrogens (tertiary/aromatic N) is 2. The highest BCUT2D eigenvalue weighted by Crippen LogP contribution is 2.23. The Bertz CT molecular complexity index is 612. The van der Waals surface area contributed by atoms with Crippen molar-refractivity contribution in [3.05, 3.63) is 47.8 Å². The summed E-state index contributed by atoms with van der Waals surface area (Å²) < 4.78 is 0. The Morgan fingerprint density at radius 2 is 1.58 bits per heavy atom. The molecule has 0 saturated carbocycles. The molecule has 0 aliphatic heterocycles. The van der Waals surface area contributed by atoms with Crippen LogP contribution >= 0.6 is 0 Å². The number of aryl methyl sites for hydroxylation is 1. The van der Waals surface area contributed by atoms with Gasteiger partial charge in [0.1, 0.15) is 0 Å². The zero-order chi connectivity index (χ0) is 14.0. The number of aromatic nitrogens is 2. The smallest absolute Gasteiger partial charge is 0.168 e. The van der Waals surface area contributed by atoms with E-state index in [2.05, 4.69) is 9.97 Å². The summed E-state index contributed by atoms with van der Waals surface area (Å²) in [7, 11) is 0. The Hall–Kier alpha value is -2.03. The van der Waals surface area contributed by atoms with Crippen LogP contribution in [0.3, 0.4) is 0 Å². The van der Waals surface area contributed by atoms with Gasteiger partial charge in [0.2, 0.25) is 0 Å².